The summed E-state index contributed by atoms with van der Waals surface area (Å²) in [7, 11) is 1.70. The van der Waals surface area contributed by atoms with E-state index in [1.165, 1.54) is 11.6 Å². The van der Waals surface area contributed by atoms with Crippen LogP contribution in [-0.4, -0.2) is 25.3 Å². The number of benzene rings is 2. The smallest absolute Gasteiger partial charge is 0.336 e. The highest BCUT2D eigenvalue weighted by Gasteiger charge is 2.22. The van der Waals surface area contributed by atoms with Gasteiger partial charge >= 0.3 is 5.63 Å². The molecule has 3 aromatic rings. The summed E-state index contributed by atoms with van der Waals surface area (Å²) in [6, 6.07) is 11.7. The van der Waals surface area contributed by atoms with Gasteiger partial charge in [0.1, 0.15) is 23.8 Å². The summed E-state index contributed by atoms with van der Waals surface area (Å²) in [4.78, 5) is 14.0. The lowest BCUT2D eigenvalue weighted by Crippen LogP contribution is -2.34. The van der Waals surface area contributed by atoms with Crippen molar-refractivity contribution in [3.63, 3.8) is 0 Å². The first-order valence-corrected chi connectivity index (χ1v) is 9.11. The Bertz CT molecular complexity index is 1050. The molecule has 0 fully saturated rings. The van der Waals surface area contributed by atoms with Gasteiger partial charge in [-0.05, 0) is 43.5 Å². The molecule has 0 radical (unpaired) electrons. The van der Waals surface area contributed by atoms with Gasteiger partial charge in [-0.1, -0.05) is 18.2 Å². The summed E-state index contributed by atoms with van der Waals surface area (Å²) in [5, 5.41) is 0.973. The van der Waals surface area contributed by atoms with E-state index in [0.717, 1.165) is 53.1 Å². The van der Waals surface area contributed by atoms with E-state index in [2.05, 4.69) is 17.0 Å². The van der Waals surface area contributed by atoms with Gasteiger partial charge < -0.3 is 13.9 Å². The fourth-order valence-electron chi connectivity index (χ4n) is 3.75. The van der Waals surface area contributed by atoms with Crippen molar-refractivity contribution in [2.45, 2.75) is 26.8 Å². The van der Waals surface area contributed by atoms with Gasteiger partial charge in [0.25, 0.3) is 0 Å². The van der Waals surface area contributed by atoms with Crippen LogP contribution < -0.4 is 15.1 Å². The van der Waals surface area contributed by atoms with Crippen LogP contribution in [0.3, 0.4) is 0 Å². The Kier molecular flexibility index (Phi) is 4.62. The van der Waals surface area contributed by atoms with Gasteiger partial charge in [-0.2, -0.15) is 0 Å². The summed E-state index contributed by atoms with van der Waals surface area (Å²) < 4.78 is 16.9. The average Bonchev–Trinajstić information content (AvgIpc) is 2.67. The van der Waals surface area contributed by atoms with Gasteiger partial charge in [-0.3, -0.25) is 4.90 Å². The van der Waals surface area contributed by atoms with Gasteiger partial charge in [0.2, 0.25) is 0 Å². The highest BCUT2D eigenvalue weighted by Crippen LogP contribution is 2.35. The quantitative estimate of drug-likeness (QED) is 0.658. The summed E-state index contributed by atoms with van der Waals surface area (Å²) in [5.74, 6) is 1.76. The maximum Gasteiger partial charge on any atom is 0.336 e. The van der Waals surface area contributed by atoms with Crippen molar-refractivity contribution in [1.29, 1.82) is 0 Å². The molecule has 0 N–H and O–H groups in total. The molecule has 2 heterocycles. The monoisotopic (exact) mass is 365 g/mol. The SMILES string of the molecule is COc1ccccc1CCN1COc2c(cc3c(C)cc(=O)oc3c2C)C1. The Hall–Kier alpha value is -2.79. The maximum atomic E-state index is 11.7. The van der Waals surface area contributed by atoms with Gasteiger partial charge in [-0.25, -0.2) is 4.79 Å². The van der Waals surface area contributed by atoms with E-state index in [1.54, 1.807) is 7.11 Å². The molecule has 27 heavy (non-hydrogen) atoms. The van der Waals surface area contributed by atoms with Crippen molar-refractivity contribution in [2.75, 3.05) is 20.4 Å². The minimum Gasteiger partial charge on any atom is -0.496 e. The molecule has 5 nitrogen and oxygen atoms in total. The minimum atomic E-state index is -0.322. The lowest BCUT2D eigenvalue weighted by Gasteiger charge is -2.30. The molecule has 0 bridgehead atoms. The first-order chi connectivity index (χ1) is 13.1. The number of methoxy groups -OCH3 is 1. The van der Waals surface area contributed by atoms with E-state index in [4.69, 9.17) is 13.9 Å². The Balaban J connectivity index is 1.59. The number of hydrogen-bond donors (Lipinski definition) is 0. The van der Waals surface area contributed by atoms with Crippen molar-refractivity contribution in [3.8, 4) is 11.5 Å². The number of para-hydroxylation sites is 1. The summed E-state index contributed by atoms with van der Waals surface area (Å²) >= 11 is 0. The second kappa shape index (κ2) is 7.08. The molecule has 0 saturated heterocycles. The molecular formula is C22H23NO4. The second-order valence-electron chi connectivity index (χ2n) is 7.00. The van der Waals surface area contributed by atoms with E-state index in [9.17, 15) is 4.79 Å². The zero-order chi connectivity index (χ0) is 19.0. The molecule has 1 aromatic heterocycles. The van der Waals surface area contributed by atoms with Gasteiger partial charge in [0.05, 0.1) is 7.11 Å². The van der Waals surface area contributed by atoms with E-state index >= 15 is 0 Å². The third-order valence-electron chi connectivity index (χ3n) is 5.17. The molecule has 140 valence electrons. The molecular weight excluding hydrogens is 342 g/mol. The van der Waals surface area contributed by atoms with Crippen molar-refractivity contribution in [1.82, 2.24) is 4.90 Å². The fraction of sp³-hybridized carbons (Fsp3) is 0.318. The number of nitrogens with zero attached hydrogens (tertiary/aromatic N) is 1. The Morgan fingerprint density at radius 3 is 2.81 bits per heavy atom. The lowest BCUT2D eigenvalue weighted by molar-refractivity contribution is 0.0957. The van der Waals surface area contributed by atoms with Crippen LogP contribution in [0.4, 0.5) is 0 Å². The molecule has 1 aliphatic rings. The number of aryl methyl sites for hydroxylation is 2. The first-order valence-electron chi connectivity index (χ1n) is 9.11. The van der Waals surface area contributed by atoms with E-state index in [1.807, 2.05) is 32.0 Å². The standard InChI is InChI=1S/C22H23NO4/c1-14-10-20(24)27-22-15(2)21-17(11-18(14)22)12-23(13-26-21)9-8-16-6-4-5-7-19(16)25-3/h4-7,10-11H,8-9,12-13H2,1-3H3. The van der Waals surface area contributed by atoms with Crippen molar-refractivity contribution >= 4 is 11.0 Å². The third kappa shape index (κ3) is 3.30. The van der Waals surface area contributed by atoms with Crippen LogP contribution >= 0.6 is 0 Å². The van der Waals surface area contributed by atoms with Gasteiger partial charge in [0, 0.05) is 35.7 Å². The number of rotatable bonds is 4. The highest BCUT2D eigenvalue weighted by atomic mass is 16.5. The van der Waals surface area contributed by atoms with E-state index in [0.29, 0.717) is 12.3 Å². The lowest BCUT2D eigenvalue weighted by atomic mass is 10.0. The summed E-state index contributed by atoms with van der Waals surface area (Å²) in [6.45, 7) is 6.09. The molecule has 1 aliphatic heterocycles. The predicted octanol–water partition coefficient (Wildman–Crippen LogP) is 3.81. The van der Waals surface area contributed by atoms with Crippen LogP contribution in [0.15, 0.2) is 45.6 Å². The molecule has 0 amide bonds. The predicted molar refractivity (Wildman–Crippen MR) is 105 cm³/mol. The molecule has 0 unspecified atom stereocenters. The summed E-state index contributed by atoms with van der Waals surface area (Å²) in [6.07, 6.45) is 0.892. The van der Waals surface area contributed by atoms with Crippen LogP contribution in [-0.2, 0) is 13.0 Å². The topological polar surface area (TPSA) is 51.9 Å². The highest BCUT2D eigenvalue weighted by molar-refractivity contribution is 5.86. The molecule has 0 spiro atoms. The molecule has 0 atom stereocenters. The molecule has 4 rings (SSSR count). The van der Waals surface area contributed by atoms with Crippen LogP contribution in [0, 0.1) is 13.8 Å². The molecule has 5 heteroatoms. The van der Waals surface area contributed by atoms with Crippen LogP contribution in [0.2, 0.25) is 0 Å². The fourth-order valence-corrected chi connectivity index (χ4v) is 3.75. The number of ether oxygens (including phenoxy) is 2. The Morgan fingerprint density at radius 1 is 1.19 bits per heavy atom. The Labute approximate surface area is 158 Å². The maximum absolute atomic E-state index is 11.7. The van der Waals surface area contributed by atoms with Crippen LogP contribution in [0.25, 0.3) is 11.0 Å². The largest absolute Gasteiger partial charge is 0.496 e. The third-order valence-corrected chi connectivity index (χ3v) is 5.17. The minimum absolute atomic E-state index is 0.322. The molecule has 2 aromatic carbocycles. The zero-order valence-electron chi connectivity index (χ0n) is 15.9. The van der Waals surface area contributed by atoms with Crippen molar-refractivity contribution in [3.05, 3.63) is 69.1 Å². The molecule has 0 aliphatic carbocycles. The van der Waals surface area contributed by atoms with E-state index < -0.39 is 0 Å². The normalized spacial score (nSPS) is 14.0. The van der Waals surface area contributed by atoms with Crippen LogP contribution in [0.5, 0.6) is 11.5 Å². The van der Waals surface area contributed by atoms with E-state index in [-0.39, 0.29) is 5.63 Å². The average molecular weight is 365 g/mol. The molecule has 0 saturated carbocycles. The van der Waals surface area contributed by atoms with Gasteiger partial charge in [0.15, 0.2) is 0 Å². The Morgan fingerprint density at radius 2 is 2.00 bits per heavy atom. The van der Waals surface area contributed by atoms with Crippen LogP contribution in [0.1, 0.15) is 22.3 Å². The second-order valence-corrected chi connectivity index (χ2v) is 7.00. The number of fused-ring (bicyclic) bond motifs is 2. The zero-order valence-corrected chi connectivity index (χ0v) is 15.9. The number of hydrogen-bond acceptors (Lipinski definition) is 5. The first kappa shape index (κ1) is 17.6. The van der Waals surface area contributed by atoms with Crippen molar-refractivity contribution in [2.24, 2.45) is 0 Å². The van der Waals surface area contributed by atoms with Crippen molar-refractivity contribution < 1.29 is 13.9 Å². The summed E-state index contributed by atoms with van der Waals surface area (Å²) in [5.41, 5.74) is 4.45. The van der Waals surface area contributed by atoms with Gasteiger partial charge in [-0.15, -0.1) is 0 Å².